The number of carbonyl (C=O) groups excluding carboxylic acids is 2. The molecule has 2 atom stereocenters. The molecule has 1 saturated carbocycles. The van der Waals surface area contributed by atoms with Gasteiger partial charge < -0.3 is 9.84 Å². The lowest BCUT2D eigenvalue weighted by molar-refractivity contribution is -0.149. The minimum atomic E-state index is -0.990. The summed E-state index contributed by atoms with van der Waals surface area (Å²) in [4.78, 5) is 24.0. The molecule has 3 N–H and O–H groups in total. The number of hydroxylamine groups is 1. The van der Waals surface area contributed by atoms with E-state index in [2.05, 4.69) is 0 Å². The molecule has 7 heteroatoms. The number of hydrogen-bond donors (Lipinski definition) is 3. The zero-order chi connectivity index (χ0) is 19.6. The Morgan fingerprint density at radius 1 is 1.22 bits per heavy atom. The van der Waals surface area contributed by atoms with Crippen LogP contribution in [0.4, 0.5) is 0 Å². The third-order valence-corrected chi connectivity index (χ3v) is 5.32. The molecule has 0 spiro atoms. The van der Waals surface area contributed by atoms with Gasteiger partial charge in [0.25, 0.3) is 0 Å². The van der Waals surface area contributed by atoms with Crippen LogP contribution in [0.25, 0.3) is 0 Å². The Bertz CT molecular complexity index is 867. The number of benzene rings is 2. The number of carbonyl (C=O) groups is 2. The van der Waals surface area contributed by atoms with Gasteiger partial charge in [0, 0.05) is 11.4 Å². The SMILES string of the molecule is COC(=O)C1(Cc2ccc(O)c(Cc3ccc(Cl)cc3)c2)CC1C(=O)NO. The first-order valence-corrected chi connectivity index (χ1v) is 8.85. The molecule has 0 saturated heterocycles. The van der Waals surface area contributed by atoms with Crippen LogP contribution in [0, 0.1) is 11.3 Å². The molecule has 1 amide bonds. The van der Waals surface area contributed by atoms with Gasteiger partial charge in [0.05, 0.1) is 18.4 Å². The first kappa shape index (κ1) is 19.2. The average molecular weight is 390 g/mol. The highest BCUT2D eigenvalue weighted by Gasteiger charge is 2.64. The summed E-state index contributed by atoms with van der Waals surface area (Å²) >= 11 is 5.90. The first-order valence-electron chi connectivity index (χ1n) is 8.47. The van der Waals surface area contributed by atoms with Crippen LogP contribution in [0.1, 0.15) is 23.1 Å². The molecule has 2 aromatic carbocycles. The maximum absolute atomic E-state index is 12.3. The Morgan fingerprint density at radius 3 is 2.52 bits per heavy atom. The van der Waals surface area contributed by atoms with Crippen LogP contribution in [-0.4, -0.2) is 29.3 Å². The zero-order valence-corrected chi connectivity index (χ0v) is 15.5. The molecule has 27 heavy (non-hydrogen) atoms. The van der Waals surface area contributed by atoms with E-state index in [1.165, 1.54) is 7.11 Å². The van der Waals surface area contributed by atoms with Gasteiger partial charge in [-0.25, -0.2) is 5.48 Å². The van der Waals surface area contributed by atoms with E-state index in [1.54, 1.807) is 29.7 Å². The Kier molecular flexibility index (Phi) is 5.39. The molecule has 0 bridgehead atoms. The van der Waals surface area contributed by atoms with Crippen molar-refractivity contribution in [2.24, 2.45) is 11.3 Å². The van der Waals surface area contributed by atoms with Crippen molar-refractivity contribution in [1.29, 1.82) is 0 Å². The summed E-state index contributed by atoms with van der Waals surface area (Å²) in [6.07, 6.45) is 1.09. The number of methoxy groups -OCH3 is 1. The molecule has 1 aliphatic rings. The van der Waals surface area contributed by atoms with Crippen LogP contribution < -0.4 is 5.48 Å². The average Bonchev–Trinajstić information content (AvgIpc) is 3.40. The maximum atomic E-state index is 12.3. The molecule has 3 rings (SSSR count). The minimum Gasteiger partial charge on any atom is -0.508 e. The fourth-order valence-electron chi connectivity index (χ4n) is 3.50. The predicted molar refractivity (Wildman–Crippen MR) is 98.6 cm³/mol. The number of aromatic hydroxyl groups is 1. The van der Waals surface area contributed by atoms with Crippen molar-refractivity contribution in [2.45, 2.75) is 19.3 Å². The van der Waals surface area contributed by atoms with E-state index in [9.17, 15) is 14.7 Å². The first-order chi connectivity index (χ1) is 12.9. The molecule has 6 nitrogen and oxygen atoms in total. The number of phenolic OH excluding ortho intramolecular Hbond substituents is 1. The number of ether oxygens (including phenoxy) is 1. The fourth-order valence-corrected chi connectivity index (χ4v) is 3.63. The molecule has 0 heterocycles. The van der Waals surface area contributed by atoms with Crippen molar-refractivity contribution in [3.05, 3.63) is 64.2 Å². The molecule has 0 aliphatic heterocycles. The number of halogens is 1. The summed E-state index contributed by atoms with van der Waals surface area (Å²) in [6, 6.07) is 12.5. The summed E-state index contributed by atoms with van der Waals surface area (Å²) < 4.78 is 4.87. The van der Waals surface area contributed by atoms with Crippen LogP contribution in [0.15, 0.2) is 42.5 Å². The van der Waals surface area contributed by atoms with Gasteiger partial charge in [-0.2, -0.15) is 0 Å². The minimum absolute atomic E-state index is 0.154. The number of phenols is 1. The summed E-state index contributed by atoms with van der Waals surface area (Å²) in [5.41, 5.74) is 3.11. The third kappa shape index (κ3) is 3.91. The molecule has 142 valence electrons. The predicted octanol–water partition coefficient (Wildman–Crippen LogP) is 2.86. The molecular weight excluding hydrogens is 370 g/mol. The summed E-state index contributed by atoms with van der Waals surface area (Å²) in [7, 11) is 1.28. The van der Waals surface area contributed by atoms with E-state index in [0.29, 0.717) is 23.4 Å². The fraction of sp³-hybridized carbons (Fsp3) is 0.300. The second-order valence-electron chi connectivity index (χ2n) is 6.82. The van der Waals surface area contributed by atoms with Gasteiger partial charge in [0.15, 0.2) is 0 Å². The maximum Gasteiger partial charge on any atom is 0.312 e. The van der Waals surface area contributed by atoms with Gasteiger partial charge in [0.1, 0.15) is 5.75 Å². The number of amides is 1. The molecule has 2 aromatic rings. The quantitative estimate of drug-likeness (QED) is 0.401. The number of rotatable bonds is 6. The monoisotopic (exact) mass is 389 g/mol. The number of hydrogen-bond acceptors (Lipinski definition) is 5. The summed E-state index contributed by atoms with van der Waals surface area (Å²) in [6.45, 7) is 0. The van der Waals surface area contributed by atoms with Crippen molar-refractivity contribution in [2.75, 3.05) is 7.11 Å². The van der Waals surface area contributed by atoms with Crippen LogP contribution in [-0.2, 0) is 27.2 Å². The highest BCUT2D eigenvalue weighted by molar-refractivity contribution is 6.30. The van der Waals surface area contributed by atoms with Crippen LogP contribution in [0.2, 0.25) is 5.02 Å². The van der Waals surface area contributed by atoms with E-state index in [0.717, 1.165) is 11.1 Å². The van der Waals surface area contributed by atoms with Crippen molar-refractivity contribution >= 4 is 23.5 Å². The van der Waals surface area contributed by atoms with E-state index < -0.39 is 23.2 Å². The zero-order valence-electron chi connectivity index (χ0n) is 14.7. The summed E-state index contributed by atoms with van der Waals surface area (Å²) in [5, 5.41) is 19.7. The van der Waals surface area contributed by atoms with E-state index in [1.807, 2.05) is 18.2 Å². The Morgan fingerprint density at radius 2 is 1.89 bits per heavy atom. The Balaban J connectivity index is 1.83. The van der Waals surface area contributed by atoms with Gasteiger partial charge in [-0.15, -0.1) is 0 Å². The van der Waals surface area contributed by atoms with Crippen molar-refractivity contribution in [3.63, 3.8) is 0 Å². The van der Waals surface area contributed by atoms with Gasteiger partial charge in [0.2, 0.25) is 5.91 Å². The standard InChI is InChI=1S/C20H20ClNO5/c1-27-19(25)20(11-16(20)18(24)22-26)10-13-4-7-17(23)14(9-13)8-12-2-5-15(21)6-3-12/h2-7,9,16,23,26H,8,10-11H2,1H3,(H,22,24). The second kappa shape index (κ2) is 7.58. The highest BCUT2D eigenvalue weighted by Crippen LogP contribution is 2.56. The van der Waals surface area contributed by atoms with E-state index in [-0.39, 0.29) is 12.2 Å². The van der Waals surface area contributed by atoms with Gasteiger partial charge in [-0.1, -0.05) is 35.9 Å². The lowest BCUT2D eigenvalue weighted by Crippen LogP contribution is -2.30. The van der Waals surface area contributed by atoms with Crippen LogP contribution in [0.5, 0.6) is 5.75 Å². The second-order valence-corrected chi connectivity index (χ2v) is 7.26. The Labute approximate surface area is 161 Å². The number of nitrogens with one attached hydrogen (secondary N) is 1. The lowest BCUT2D eigenvalue weighted by atomic mass is 9.91. The molecule has 0 radical (unpaired) electrons. The van der Waals surface area contributed by atoms with Crippen molar-refractivity contribution < 1.29 is 24.6 Å². The van der Waals surface area contributed by atoms with Crippen LogP contribution >= 0.6 is 11.6 Å². The highest BCUT2D eigenvalue weighted by atomic mass is 35.5. The molecule has 1 fully saturated rings. The smallest absolute Gasteiger partial charge is 0.312 e. The molecular formula is C20H20ClNO5. The van der Waals surface area contributed by atoms with Crippen molar-refractivity contribution in [3.8, 4) is 5.75 Å². The molecule has 1 aliphatic carbocycles. The largest absolute Gasteiger partial charge is 0.508 e. The van der Waals surface area contributed by atoms with E-state index in [4.69, 9.17) is 21.5 Å². The van der Waals surface area contributed by atoms with Gasteiger partial charge in [-0.3, -0.25) is 14.8 Å². The number of esters is 1. The third-order valence-electron chi connectivity index (χ3n) is 5.07. The van der Waals surface area contributed by atoms with E-state index >= 15 is 0 Å². The van der Waals surface area contributed by atoms with Crippen molar-refractivity contribution in [1.82, 2.24) is 5.48 Å². The normalized spacial score (nSPS) is 20.8. The van der Waals surface area contributed by atoms with Gasteiger partial charge >= 0.3 is 5.97 Å². The van der Waals surface area contributed by atoms with Gasteiger partial charge in [-0.05, 0) is 47.7 Å². The molecule has 2 unspecified atom stereocenters. The van der Waals surface area contributed by atoms with Crippen LogP contribution in [0.3, 0.4) is 0 Å². The topological polar surface area (TPSA) is 95.9 Å². The molecule has 0 aromatic heterocycles. The Hall–Kier alpha value is -2.57. The summed E-state index contributed by atoms with van der Waals surface area (Å²) in [5.74, 6) is -1.56. The lowest BCUT2D eigenvalue weighted by Gasteiger charge is -2.16.